The zero-order chi connectivity index (χ0) is 24.8. The summed E-state index contributed by atoms with van der Waals surface area (Å²) in [5, 5.41) is 14.0. The molecule has 7 nitrogen and oxygen atoms in total. The van der Waals surface area contributed by atoms with Gasteiger partial charge in [-0.25, -0.2) is 9.67 Å². The van der Waals surface area contributed by atoms with E-state index in [2.05, 4.69) is 10.4 Å². The smallest absolute Gasteiger partial charge is 0.256 e. The molecule has 1 aliphatic rings. The van der Waals surface area contributed by atoms with E-state index in [9.17, 15) is 4.79 Å². The molecule has 0 unspecified atom stereocenters. The molecule has 0 saturated heterocycles. The lowest BCUT2D eigenvalue weighted by Gasteiger charge is -2.09. The second kappa shape index (κ2) is 9.08. The Balaban J connectivity index is 1.33. The van der Waals surface area contributed by atoms with Crippen LogP contribution in [0.4, 0.5) is 5.69 Å². The topological polar surface area (TPSA) is 77.6 Å². The van der Waals surface area contributed by atoms with Gasteiger partial charge in [-0.1, -0.05) is 47.5 Å². The van der Waals surface area contributed by atoms with Crippen LogP contribution in [0.25, 0.3) is 16.7 Å². The fourth-order valence-electron chi connectivity index (χ4n) is 4.36. The Morgan fingerprint density at radius 2 is 1.92 bits per heavy atom. The molecule has 2 aromatic carbocycles. The molecule has 1 N–H and O–H groups in total. The first kappa shape index (κ1) is 22.8. The van der Waals surface area contributed by atoms with Crippen molar-refractivity contribution in [3.05, 3.63) is 99.6 Å². The van der Waals surface area contributed by atoms with Crippen LogP contribution in [-0.2, 0) is 6.54 Å². The highest BCUT2D eigenvalue weighted by Gasteiger charge is 2.29. The molecule has 0 aliphatic heterocycles. The Morgan fingerprint density at radius 1 is 1.11 bits per heavy atom. The number of amides is 1. The number of pyridine rings is 1. The Hall–Kier alpha value is -3.68. The molecule has 0 bridgehead atoms. The lowest BCUT2D eigenvalue weighted by molar-refractivity contribution is 0.102. The van der Waals surface area contributed by atoms with Crippen LogP contribution in [0, 0.1) is 6.92 Å². The van der Waals surface area contributed by atoms with E-state index in [0.29, 0.717) is 39.4 Å². The molecule has 1 aliphatic carbocycles. The number of hydrogen-bond donors (Lipinski definition) is 1. The molecule has 3 aromatic heterocycles. The zero-order valence-corrected chi connectivity index (χ0v) is 21.0. The van der Waals surface area contributed by atoms with Gasteiger partial charge in [-0.2, -0.15) is 10.2 Å². The average Bonchev–Trinajstić information content (AvgIpc) is 3.55. The van der Waals surface area contributed by atoms with Crippen LogP contribution in [0.2, 0.25) is 10.0 Å². The van der Waals surface area contributed by atoms with Gasteiger partial charge in [0.1, 0.15) is 0 Å². The molecule has 3 heterocycles. The number of para-hydroxylation sites is 1. The van der Waals surface area contributed by atoms with Gasteiger partial charge in [-0.05, 0) is 55.7 Å². The van der Waals surface area contributed by atoms with E-state index >= 15 is 0 Å². The maximum Gasteiger partial charge on any atom is 0.256 e. The summed E-state index contributed by atoms with van der Waals surface area (Å²) in [5.41, 5.74) is 5.33. The minimum Gasteiger partial charge on any atom is -0.319 e. The number of hydrogen-bond acceptors (Lipinski definition) is 4. The number of benzene rings is 2. The molecule has 1 fully saturated rings. The number of nitrogens with zero attached hydrogens (tertiary/aromatic N) is 5. The van der Waals surface area contributed by atoms with Crippen molar-refractivity contribution in [1.29, 1.82) is 0 Å². The number of carbonyl (C=O) groups is 1. The van der Waals surface area contributed by atoms with Gasteiger partial charge < -0.3 is 5.32 Å². The number of nitrogens with one attached hydrogen (secondary N) is 1. The van der Waals surface area contributed by atoms with Crippen LogP contribution in [0.5, 0.6) is 0 Å². The first-order chi connectivity index (χ1) is 17.5. The van der Waals surface area contributed by atoms with Gasteiger partial charge in [0.2, 0.25) is 0 Å². The van der Waals surface area contributed by atoms with Crippen molar-refractivity contribution in [3.63, 3.8) is 0 Å². The molecule has 1 saturated carbocycles. The van der Waals surface area contributed by atoms with Gasteiger partial charge in [-0.3, -0.25) is 9.48 Å². The second-order valence-electron chi connectivity index (χ2n) is 9.02. The summed E-state index contributed by atoms with van der Waals surface area (Å²) in [7, 11) is 0. The lowest BCUT2D eigenvalue weighted by atomic mass is 10.1. The van der Waals surface area contributed by atoms with E-state index in [0.717, 1.165) is 40.9 Å². The Kier molecular flexibility index (Phi) is 5.74. The summed E-state index contributed by atoms with van der Waals surface area (Å²) in [6.07, 6.45) is 5.57. The summed E-state index contributed by atoms with van der Waals surface area (Å²) in [4.78, 5) is 18.5. The van der Waals surface area contributed by atoms with Crippen molar-refractivity contribution in [2.45, 2.75) is 32.2 Å². The summed E-state index contributed by atoms with van der Waals surface area (Å²) in [6, 6.07) is 17.1. The zero-order valence-electron chi connectivity index (χ0n) is 19.4. The standard InChI is InChI=1S/C27H22Cl2N6O/c1-16-25-22(12-24(17-7-8-17)32-26(25)35(33-16)21-5-3-2-4-6-21)27(36)31-20-13-30-34(15-20)14-18-9-10-19(28)11-23(18)29/h2-6,9-13,15,17H,7-8,14H2,1H3,(H,31,36). The Morgan fingerprint density at radius 3 is 2.67 bits per heavy atom. The van der Waals surface area contributed by atoms with Gasteiger partial charge in [0.05, 0.1) is 40.8 Å². The summed E-state index contributed by atoms with van der Waals surface area (Å²) in [5.74, 6) is 0.163. The van der Waals surface area contributed by atoms with Crippen molar-refractivity contribution in [3.8, 4) is 5.69 Å². The van der Waals surface area contributed by atoms with Crippen LogP contribution in [0.15, 0.2) is 67.0 Å². The number of halogens is 2. The van der Waals surface area contributed by atoms with Crippen LogP contribution in [0.1, 0.15) is 46.1 Å². The van der Waals surface area contributed by atoms with Crippen molar-refractivity contribution in [1.82, 2.24) is 24.5 Å². The molecule has 0 radical (unpaired) electrons. The predicted octanol–water partition coefficient (Wildman–Crippen LogP) is 6.41. The van der Waals surface area contributed by atoms with Gasteiger partial charge in [0, 0.05) is 27.9 Å². The number of anilines is 1. The maximum atomic E-state index is 13.5. The molecular formula is C27H22Cl2N6O. The Labute approximate surface area is 217 Å². The quantitative estimate of drug-likeness (QED) is 0.282. The fourth-order valence-corrected chi connectivity index (χ4v) is 4.83. The van der Waals surface area contributed by atoms with Gasteiger partial charge in [0.25, 0.3) is 5.91 Å². The van der Waals surface area contributed by atoms with E-state index in [1.54, 1.807) is 29.2 Å². The average molecular weight is 517 g/mol. The number of fused-ring (bicyclic) bond motifs is 1. The van der Waals surface area contributed by atoms with Gasteiger partial charge >= 0.3 is 0 Å². The van der Waals surface area contributed by atoms with Crippen molar-refractivity contribution >= 4 is 45.8 Å². The summed E-state index contributed by atoms with van der Waals surface area (Å²) in [6.45, 7) is 2.37. The highest BCUT2D eigenvalue weighted by Crippen LogP contribution is 2.41. The van der Waals surface area contributed by atoms with Crippen molar-refractivity contribution in [2.75, 3.05) is 5.32 Å². The lowest BCUT2D eigenvalue weighted by Crippen LogP contribution is -2.13. The first-order valence-corrected chi connectivity index (χ1v) is 12.5. The molecule has 9 heteroatoms. The highest BCUT2D eigenvalue weighted by atomic mass is 35.5. The number of aryl methyl sites for hydroxylation is 1. The molecule has 1 amide bonds. The molecule has 5 aromatic rings. The van der Waals surface area contributed by atoms with Crippen LogP contribution in [0.3, 0.4) is 0 Å². The largest absolute Gasteiger partial charge is 0.319 e. The minimum absolute atomic E-state index is 0.218. The third kappa shape index (κ3) is 4.36. The van der Waals surface area contributed by atoms with E-state index in [4.69, 9.17) is 33.3 Å². The third-order valence-electron chi connectivity index (χ3n) is 6.31. The number of aromatic nitrogens is 5. The number of carbonyl (C=O) groups excluding carboxylic acids is 1. The number of rotatable bonds is 6. The monoisotopic (exact) mass is 516 g/mol. The van der Waals surface area contributed by atoms with E-state index < -0.39 is 0 Å². The molecular weight excluding hydrogens is 495 g/mol. The second-order valence-corrected chi connectivity index (χ2v) is 9.86. The maximum absolute atomic E-state index is 13.5. The van der Waals surface area contributed by atoms with Gasteiger partial charge in [0.15, 0.2) is 5.65 Å². The van der Waals surface area contributed by atoms with Crippen LogP contribution < -0.4 is 5.32 Å². The molecule has 36 heavy (non-hydrogen) atoms. The van der Waals surface area contributed by atoms with E-state index in [1.165, 1.54) is 0 Å². The first-order valence-electron chi connectivity index (χ1n) is 11.7. The molecule has 180 valence electrons. The van der Waals surface area contributed by atoms with E-state index in [-0.39, 0.29) is 5.91 Å². The molecule has 0 spiro atoms. The minimum atomic E-state index is -0.218. The third-order valence-corrected chi connectivity index (χ3v) is 6.90. The van der Waals surface area contributed by atoms with Gasteiger partial charge in [-0.15, -0.1) is 0 Å². The Bertz CT molecular complexity index is 1600. The van der Waals surface area contributed by atoms with E-state index in [1.807, 2.05) is 54.1 Å². The van der Waals surface area contributed by atoms with Crippen LogP contribution in [-0.4, -0.2) is 30.5 Å². The summed E-state index contributed by atoms with van der Waals surface area (Å²) < 4.78 is 3.54. The van der Waals surface area contributed by atoms with Crippen molar-refractivity contribution < 1.29 is 4.79 Å². The van der Waals surface area contributed by atoms with Crippen LogP contribution >= 0.6 is 23.2 Å². The highest BCUT2D eigenvalue weighted by molar-refractivity contribution is 6.35. The molecule has 6 rings (SSSR count). The predicted molar refractivity (Wildman–Crippen MR) is 141 cm³/mol. The van der Waals surface area contributed by atoms with Crippen molar-refractivity contribution in [2.24, 2.45) is 0 Å². The normalized spacial score (nSPS) is 13.3. The molecule has 0 atom stereocenters. The fraction of sp³-hybridized carbons (Fsp3) is 0.185. The SMILES string of the molecule is Cc1nn(-c2ccccc2)c2nc(C3CC3)cc(C(=O)Nc3cnn(Cc4ccc(Cl)cc4Cl)c3)c12. The summed E-state index contributed by atoms with van der Waals surface area (Å²) >= 11 is 12.3.